The molecule has 5 heteroatoms. The van der Waals surface area contributed by atoms with E-state index in [9.17, 15) is 5.11 Å². The van der Waals surface area contributed by atoms with E-state index in [2.05, 4.69) is 32.7 Å². The van der Waals surface area contributed by atoms with Crippen LogP contribution in [0.25, 0.3) is 0 Å². The molecule has 1 atom stereocenters. The molecule has 1 aromatic rings. The van der Waals surface area contributed by atoms with Gasteiger partial charge in [0.05, 0.1) is 18.8 Å². The van der Waals surface area contributed by atoms with E-state index in [1.54, 1.807) is 11.3 Å². The Balaban J connectivity index is 1.55. The SMILES string of the molecule is OC(CNCc1cc(Br)cs1)COC1CCCCC1. The lowest BCUT2D eigenvalue weighted by atomic mass is 9.98. The van der Waals surface area contributed by atoms with Crippen molar-refractivity contribution in [3.63, 3.8) is 0 Å². The average molecular weight is 348 g/mol. The average Bonchev–Trinajstić information content (AvgIpc) is 2.83. The largest absolute Gasteiger partial charge is 0.389 e. The van der Waals surface area contributed by atoms with Gasteiger partial charge in [-0.05, 0) is 34.8 Å². The van der Waals surface area contributed by atoms with Gasteiger partial charge in [-0.2, -0.15) is 0 Å². The molecule has 3 nitrogen and oxygen atoms in total. The van der Waals surface area contributed by atoms with E-state index < -0.39 is 6.10 Å². The predicted octanol–water partition coefficient (Wildman–Crippen LogP) is 3.31. The standard InChI is InChI=1S/C14H22BrNO2S/c15-11-6-14(19-10-11)8-16-7-12(17)9-18-13-4-2-1-3-5-13/h6,10,12-13,16-17H,1-5,7-9H2. The first-order valence-electron chi connectivity index (χ1n) is 6.97. The highest BCUT2D eigenvalue weighted by molar-refractivity contribution is 9.10. The van der Waals surface area contributed by atoms with Crippen LogP contribution in [-0.4, -0.2) is 30.5 Å². The first-order valence-corrected chi connectivity index (χ1v) is 8.64. The lowest BCUT2D eigenvalue weighted by Gasteiger charge is -2.23. The van der Waals surface area contributed by atoms with Crippen LogP contribution in [0.5, 0.6) is 0 Å². The smallest absolute Gasteiger partial charge is 0.0897 e. The van der Waals surface area contributed by atoms with E-state index in [1.807, 2.05) is 0 Å². The van der Waals surface area contributed by atoms with Crippen LogP contribution in [0, 0.1) is 0 Å². The van der Waals surface area contributed by atoms with Gasteiger partial charge in [0.15, 0.2) is 0 Å². The van der Waals surface area contributed by atoms with Crippen molar-refractivity contribution in [2.45, 2.75) is 50.9 Å². The van der Waals surface area contributed by atoms with E-state index >= 15 is 0 Å². The summed E-state index contributed by atoms with van der Waals surface area (Å²) in [5, 5.41) is 15.2. The molecule has 0 spiro atoms. The van der Waals surface area contributed by atoms with Gasteiger partial charge in [0.2, 0.25) is 0 Å². The highest BCUT2D eigenvalue weighted by Crippen LogP contribution is 2.20. The minimum atomic E-state index is -0.412. The van der Waals surface area contributed by atoms with E-state index in [1.165, 1.54) is 24.1 Å². The molecule has 1 saturated carbocycles. The van der Waals surface area contributed by atoms with Gasteiger partial charge in [0.25, 0.3) is 0 Å². The molecule has 1 unspecified atom stereocenters. The Bertz CT molecular complexity index is 366. The van der Waals surface area contributed by atoms with Crippen molar-refractivity contribution in [3.8, 4) is 0 Å². The van der Waals surface area contributed by atoms with Crippen LogP contribution in [-0.2, 0) is 11.3 Å². The Labute approximate surface area is 127 Å². The van der Waals surface area contributed by atoms with Gasteiger partial charge in [0, 0.05) is 27.8 Å². The summed E-state index contributed by atoms with van der Waals surface area (Å²) in [6.45, 7) is 1.84. The molecule has 0 aliphatic heterocycles. The maximum Gasteiger partial charge on any atom is 0.0897 e. The number of aliphatic hydroxyl groups is 1. The predicted molar refractivity (Wildman–Crippen MR) is 82.6 cm³/mol. The van der Waals surface area contributed by atoms with E-state index in [0.717, 1.165) is 23.9 Å². The molecule has 1 aliphatic carbocycles. The molecule has 0 amide bonds. The fourth-order valence-electron chi connectivity index (χ4n) is 2.35. The zero-order valence-electron chi connectivity index (χ0n) is 11.1. The molecule has 1 aromatic heterocycles. The van der Waals surface area contributed by atoms with Crippen LogP contribution >= 0.6 is 27.3 Å². The van der Waals surface area contributed by atoms with Crippen molar-refractivity contribution in [1.29, 1.82) is 0 Å². The zero-order valence-corrected chi connectivity index (χ0v) is 13.5. The second-order valence-corrected chi connectivity index (χ2v) is 7.02. The van der Waals surface area contributed by atoms with Crippen LogP contribution in [0.1, 0.15) is 37.0 Å². The van der Waals surface area contributed by atoms with Crippen molar-refractivity contribution in [2.24, 2.45) is 0 Å². The monoisotopic (exact) mass is 347 g/mol. The molecule has 1 fully saturated rings. The molecule has 0 radical (unpaired) electrons. The quantitative estimate of drug-likeness (QED) is 0.794. The number of halogens is 1. The molecule has 2 rings (SSSR count). The van der Waals surface area contributed by atoms with Crippen LogP contribution < -0.4 is 5.32 Å². The first kappa shape index (κ1) is 15.4. The van der Waals surface area contributed by atoms with Crippen LogP contribution in [0.15, 0.2) is 15.9 Å². The Hall–Kier alpha value is 0.0600. The van der Waals surface area contributed by atoms with E-state index in [-0.39, 0.29) is 0 Å². The number of nitrogens with one attached hydrogen (secondary N) is 1. The first-order chi connectivity index (χ1) is 9.24. The molecule has 108 valence electrons. The topological polar surface area (TPSA) is 41.5 Å². The Morgan fingerprint density at radius 3 is 2.89 bits per heavy atom. The van der Waals surface area contributed by atoms with Gasteiger partial charge in [-0.1, -0.05) is 19.3 Å². The normalized spacial score (nSPS) is 18.6. The minimum Gasteiger partial charge on any atom is -0.389 e. The molecular weight excluding hydrogens is 326 g/mol. The fraction of sp³-hybridized carbons (Fsp3) is 0.714. The van der Waals surface area contributed by atoms with Gasteiger partial charge < -0.3 is 15.2 Å². The third-order valence-corrected chi connectivity index (χ3v) is 5.08. The van der Waals surface area contributed by atoms with Crippen LogP contribution in [0.3, 0.4) is 0 Å². The van der Waals surface area contributed by atoms with Gasteiger partial charge in [-0.15, -0.1) is 11.3 Å². The molecule has 1 heterocycles. The molecule has 0 saturated heterocycles. The lowest BCUT2D eigenvalue weighted by Crippen LogP contribution is -2.32. The number of hydrogen-bond acceptors (Lipinski definition) is 4. The molecule has 0 aromatic carbocycles. The highest BCUT2D eigenvalue weighted by atomic mass is 79.9. The summed E-state index contributed by atoms with van der Waals surface area (Å²) in [5.74, 6) is 0. The number of aliphatic hydroxyl groups excluding tert-OH is 1. The molecule has 1 aliphatic rings. The Kier molecular flexibility index (Phi) is 6.81. The summed E-state index contributed by atoms with van der Waals surface area (Å²) in [7, 11) is 0. The summed E-state index contributed by atoms with van der Waals surface area (Å²) in [4.78, 5) is 1.27. The van der Waals surface area contributed by atoms with Crippen molar-refractivity contribution >= 4 is 27.3 Å². The second kappa shape index (κ2) is 8.37. The molecule has 2 N–H and O–H groups in total. The van der Waals surface area contributed by atoms with Crippen molar-refractivity contribution in [3.05, 3.63) is 20.8 Å². The zero-order chi connectivity index (χ0) is 13.5. The van der Waals surface area contributed by atoms with Crippen LogP contribution in [0.4, 0.5) is 0 Å². The Morgan fingerprint density at radius 2 is 2.21 bits per heavy atom. The number of rotatable bonds is 7. The van der Waals surface area contributed by atoms with Crippen LogP contribution in [0.2, 0.25) is 0 Å². The van der Waals surface area contributed by atoms with Gasteiger partial charge in [-0.25, -0.2) is 0 Å². The minimum absolute atomic E-state index is 0.372. The third kappa shape index (κ3) is 5.92. The summed E-state index contributed by atoms with van der Waals surface area (Å²) in [6, 6.07) is 2.10. The number of ether oxygens (including phenoxy) is 1. The van der Waals surface area contributed by atoms with Gasteiger partial charge in [0.1, 0.15) is 0 Å². The second-order valence-electron chi connectivity index (χ2n) is 5.11. The fourth-order valence-corrected chi connectivity index (χ4v) is 3.77. The summed E-state index contributed by atoms with van der Waals surface area (Å²) in [6.07, 6.45) is 6.15. The van der Waals surface area contributed by atoms with Crippen molar-refractivity contribution < 1.29 is 9.84 Å². The van der Waals surface area contributed by atoms with E-state index in [4.69, 9.17) is 4.74 Å². The van der Waals surface area contributed by atoms with E-state index in [0.29, 0.717) is 19.3 Å². The molecule has 0 bridgehead atoms. The number of hydrogen-bond donors (Lipinski definition) is 2. The van der Waals surface area contributed by atoms with Gasteiger partial charge in [-0.3, -0.25) is 0 Å². The summed E-state index contributed by atoms with van der Waals surface area (Å²) in [5.41, 5.74) is 0. The van der Waals surface area contributed by atoms with Crippen molar-refractivity contribution in [1.82, 2.24) is 5.32 Å². The lowest BCUT2D eigenvalue weighted by molar-refractivity contribution is -0.0230. The third-order valence-electron chi connectivity index (χ3n) is 3.38. The molecular formula is C14H22BrNO2S. The Morgan fingerprint density at radius 1 is 1.42 bits per heavy atom. The maximum absolute atomic E-state index is 9.87. The summed E-state index contributed by atoms with van der Waals surface area (Å²) >= 11 is 5.15. The number of thiophene rings is 1. The van der Waals surface area contributed by atoms with Gasteiger partial charge >= 0.3 is 0 Å². The highest BCUT2D eigenvalue weighted by Gasteiger charge is 2.15. The maximum atomic E-state index is 9.87. The molecule has 19 heavy (non-hydrogen) atoms. The van der Waals surface area contributed by atoms with Crippen molar-refractivity contribution in [2.75, 3.05) is 13.2 Å². The summed E-state index contributed by atoms with van der Waals surface area (Å²) < 4.78 is 6.88.